The Balaban J connectivity index is 1.76. The average molecular weight is 520 g/mol. The zero-order valence-electron chi connectivity index (χ0n) is 19.8. The van der Waals surface area contributed by atoms with Crippen LogP contribution in [0, 0.1) is 11.8 Å². The summed E-state index contributed by atoms with van der Waals surface area (Å²) < 4.78 is 5.33. The molecule has 0 spiro atoms. The maximum atomic E-state index is 13.2. The van der Waals surface area contributed by atoms with Crippen LogP contribution in [-0.2, 0) is 20.8 Å². The highest BCUT2D eigenvalue weighted by Crippen LogP contribution is 2.23. The third kappa shape index (κ3) is 8.19. The number of hydrogen-bond acceptors (Lipinski definition) is 6. The Labute approximate surface area is 219 Å². The van der Waals surface area contributed by atoms with Crippen LogP contribution >= 0.6 is 11.6 Å². The van der Waals surface area contributed by atoms with Crippen molar-refractivity contribution in [3.8, 4) is 17.6 Å². The fourth-order valence-electron chi connectivity index (χ4n) is 3.43. The highest BCUT2D eigenvalue weighted by Gasteiger charge is 2.25. The lowest BCUT2D eigenvalue weighted by atomic mass is 10.0. The number of aldehydes is 1. The molecule has 0 bridgehead atoms. The van der Waals surface area contributed by atoms with E-state index < -0.39 is 23.9 Å². The monoisotopic (exact) mass is 519 g/mol. The van der Waals surface area contributed by atoms with Gasteiger partial charge in [-0.2, -0.15) is 0 Å². The van der Waals surface area contributed by atoms with Gasteiger partial charge in [0.2, 0.25) is 11.8 Å². The molecule has 0 heterocycles. The van der Waals surface area contributed by atoms with Gasteiger partial charge in [-0.05, 0) is 47.4 Å². The van der Waals surface area contributed by atoms with Crippen molar-refractivity contribution in [3.05, 3.63) is 94.5 Å². The Morgan fingerprint density at radius 2 is 1.78 bits per heavy atom. The molecule has 37 heavy (non-hydrogen) atoms. The summed E-state index contributed by atoms with van der Waals surface area (Å²) in [6.45, 7) is 0.0409. The van der Waals surface area contributed by atoms with Gasteiger partial charge in [-0.15, -0.1) is 0 Å². The zero-order chi connectivity index (χ0) is 26.6. The smallest absolute Gasteiger partial charge is 0.247 e. The molecule has 2 atom stereocenters. The molecule has 3 aromatic carbocycles. The first-order chi connectivity index (χ1) is 17.9. The van der Waals surface area contributed by atoms with E-state index in [0.29, 0.717) is 28.8 Å². The van der Waals surface area contributed by atoms with Crippen LogP contribution in [0.25, 0.3) is 0 Å². The second-order valence-electron chi connectivity index (χ2n) is 7.94. The molecule has 0 aromatic heterocycles. The first kappa shape index (κ1) is 27.4. The number of benzene rings is 3. The van der Waals surface area contributed by atoms with Gasteiger partial charge in [-0.1, -0.05) is 60.0 Å². The van der Waals surface area contributed by atoms with E-state index in [9.17, 15) is 14.4 Å². The number of carbonyl (C=O) groups excluding carboxylic acids is 3. The number of anilines is 1. The summed E-state index contributed by atoms with van der Waals surface area (Å²) in [6.07, 6.45) is 0.699. The van der Waals surface area contributed by atoms with Gasteiger partial charge in [0.15, 0.2) is 6.29 Å². The number of hydrogen-bond donors (Lipinski definition) is 4. The number of nitrogens with one attached hydrogen (secondary N) is 2. The summed E-state index contributed by atoms with van der Waals surface area (Å²) in [4.78, 5) is 36.7. The second-order valence-corrected chi connectivity index (χ2v) is 8.35. The minimum Gasteiger partial charge on any atom is -0.491 e. The largest absolute Gasteiger partial charge is 0.491 e. The summed E-state index contributed by atoms with van der Waals surface area (Å²) in [5.74, 6) is 4.45. The van der Waals surface area contributed by atoms with E-state index in [1.165, 1.54) is 6.07 Å². The molecular weight excluding hydrogens is 494 g/mol. The summed E-state index contributed by atoms with van der Waals surface area (Å²) >= 11 is 6.30. The molecule has 0 saturated heterocycles. The molecule has 0 aliphatic heterocycles. The molecule has 190 valence electrons. The number of nitrogens with two attached hydrogens (primary N) is 1. The molecule has 9 heteroatoms. The molecule has 0 fully saturated rings. The normalized spacial score (nSPS) is 11.9. The maximum Gasteiger partial charge on any atom is 0.247 e. The average Bonchev–Trinajstić information content (AvgIpc) is 2.92. The molecule has 3 rings (SSSR count). The van der Waals surface area contributed by atoms with Crippen LogP contribution in [-0.4, -0.2) is 42.5 Å². The van der Waals surface area contributed by atoms with Crippen LogP contribution in [0.1, 0.15) is 22.7 Å². The van der Waals surface area contributed by atoms with Gasteiger partial charge in [-0.3, -0.25) is 14.4 Å². The third-order valence-electron chi connectivity index (χ3n) is 5.30. The van der Waals surface area contributed by atoms with Crippen LogP contribution in [0.5, 0.6) is 5.75 Å². The van der Waals surface area contributed by atoms with Crippen molar-refractivity contribution < 1.29 is 24.2 Å². The van der Waals surface area contributed by atoms with Gasteiger partial charge in [-0.25, -0.2) is 0 Å². The number of halogens is 1. The molecule has 3 aromatic rings. The first-order valence-corrected chi connectivity index (χ1v) is 11.8. The van der Waals surface area contributed by atoms with Crippen LogP contribution in [0.4, 0.5) is 5.69 Å². The zero-order valence-corrected chi connectivity index (χ0v) is 20.6. The SMILES string of the molecule is NC(C(=O)NC(Cc1ccccc1)C(=O)Nc1ccc(C#CC=O)cc1Cl)c1ccc(OCCO)cc1. The predicted molar refractivity (Wildman–Crippen MR) is 141 cm³/mol. The van der Waals surface area contributed by atoms with Gasteiger partial charge in [0.05, 0.1) is 17.3 Å². The lowest BCUT2D eigenvalue weighted by Gasteiger charge is -2.21. The van der Waals surface area contributed by atoms with Crippen molar-refractivity contribution >= 4 is 35.4 Å². The van der Waals surface area contributed by atoms with Crippen LogP contribution in [0.15, 0.2) is 72.8 Å². The summed E-state index contributed by atoms with van der Waals surface area (Å²) in [5.41, 5.74) is 8.40. The van der Waals surface area contributed by atoms with E-state index in [4.69, 9.17) is 27.2 Å². The summed E-state index contributed by atoms with van der Waals surface area (Å²) in [6, 6.07) is 18.6. The summed E-state index contributed by atoms with van der Waals surface area (Å²) in [7, 11) is 0. The van der Waals surface area contributed by atoms with Gasteiger partial charge >= 0.3 is 0 Å². The Morgan fingerprint density at radius 1 is 1.05 bits per heavy atom. The topological polar surface area (TPSA) is 131 Å². The van der Waals surface area contributed by atoms with Gasteiger partial charge in [0, 0.05) is 12.0 Å². The third-order valence-corrected chi connectivity index (χ3v) is 5.61. The Morgan fingerprint density at radius 3 is 2.43 bits per heavy atom. The molecule has 0 radical (unpaired) electrons. The van der Waals surface area contributed by atoms with Crippen molar-refractivity contribution in [3.63, 3.8) is 0 Å². The van der Waals surface area contributed by atoms with Gasteiger partial charge in [0.25, 0.3) is 0 Å². The number of amides is 2. The number of rotatable bonds is 10. The molecule has 0 aliphatic carbocycles. The summed E-state index contributed by atoms with van der Waals surface area (Å²) in [5, 5.41) is 14.6. The van der Waals surface area contributed by atoms with Crippen LogP contribution in [0.3, 0.4) is 0 Å². The van der Waals surface area contributed by atoms with E-state index in [2.05, 4.69) is 22.5 Å². The van der Waals surface area contributed by atoms with E-state index in [0.717, 1.165) is 5.56 Å². The Bertz CT molecular complexity index is 1290. The standard InChI is InChI=1S/C28H26ClN3O5/c29-23-17-20(7-4-14-33)8-13-24(23)31-27(35)25(18-19-5-2-1-3-6-19)32-28(36)26(30)21-9-11-22(12-10-21)37-16-15-34/h1-3,5-6,8-14,17,25-26,34H,15-16,18,30H2,(H,31,35)(H,32,36). The molecule has 0 aliphatic rings. The van der Waals surface area contributed by atoms with Crippen molar-refractivity contribution in [1.29, 1.82) is 0 Å². The minimum absolute atomic E-state index is 0.113. The lowest BCUT2D eigenvalue weighted by Crippen LogP contribution is -2.48. The lowest BCUT2D eigenvalue weighted by molar-refractivity contribution is -0.127. The van der Waals surface area contributed by atoms with Crippen molar-refractivity contribution in [2.24, 2.45) is 5.73 Å². The van der Waals surface area contributed by atoms with Gasteiger partial charge in [0.1, 0.15) is 24.4 Å². The van der Waals surface area contributed by atoms with Crippen molar-refractivity contribution in [2.75, 3.05) is 18.5 Å². The molecule has 0 saturated carbocycles. The van der Waals surface area contributed by atoms with Crippen molar-refractivity contribution in [2.45, 2.75) is 18.5 Å². The maximum absolute atomic E-state index is 13.2. The molecule has 2 unspecified atom stereocenters. The van der Waals surface area contributed by atoms with E-state index in [1.54, 1.807) is 36.4 Å². The van der Waals surface area contributed by atoms with E-state index in [1.807, 2.05) is 30.3 Å². The molecule has 8 nitrogen and oxygen atoms in total. The first-order valence-electron chi connectivity index (χ1n) is 11.4. The van der Waals surface area contributed by atoms with Crippen LogP contribution < -0.4 is 21.1 Å². The number of aliphatic hydroxyl groups excluding tert-OH is 1. The van der Waals surface area contributed by atoms with Crippen LogP contribution in [0.2, 0.25) is 5.02 Å². The fraction of sp³-hybridized carbons (Fsp3) is 0.179. The molecule has 2 amide bonds. The van der Waals surface area contributed by atoms with E-state index >= 15 is 0 Å². The minimum atomic E-state index is -1.03. The fourth-order valence-corrected chi connectivity index (χ4v) is 3.66. The molecular formula is C28H26ClN3O5. The highest BCUT2D eigenvalue weighted by molar-refractivity contribution is 6.33. The van der Waals surface area contributed by atoms with E-state index in [-0.39, 0.29) is 24.7 Å². The molecule has 5 N–H and O–H groups in total. The second kappa shape index (κ2) is 13.8. The van der Waals surface area contributed by atoms with Crippen molar-refractivity contribution in [1.82, 2.24) is 5.32 Å². The number of aliphatic hydroxyl groups is 1. The Hall–Kier alpha value is -4.16. The quantitative estimate of drug-likeness (QED) is 0.240. The highest BCUT2D eigenvalue weighted by atomic mass is 35.5. The number of ether oxygens (including phenoxy) is 1. The van der Waals surface area contributed by atoms with Gasteiger partial charge < -0.3 is 26.2 Å². The predicted octanol–water partition coefficient (Wildman–Crippen LogP) is 2.63. The number of carbonyl (C=O) groups is 3. The Kier molecular flexibility index (Phi) is 10.2.